The second-order valence-electron chi connectivity index (χ2n) is 8.33. The quantitative estimate of drug-likeness (QED) is 0.497. The predicted molar refractivity (Wildman–Crippen MR) is 132 cm³/mol. The molecule has 0 bridgehead atoms. The van der Waals surface area contributed by atoms with Gasteiger partial charge < -0.3 is 14.7 Å². The van der Waals surface area contributed by atoms with Crippen LogP contribution >= 0.6 is 23.4 Å². The fourth-order valence-electron chi connectivity index (χ4n) is 4.16. The molecule has 12 heteroatoms. The lowest BCUT2D eigenvalue weighted by Gasteiger charge is -2.35. The number of carbonyl (C=O) groups is 1. The van der Waals surface area contributed by atoms with Crippen molar-refractivity contribution in [1.82, 2.24) is 14.7 Å². The number of hydrogen-bond donors (Lipinski definition) is 1. The van der Waals surface area contributed by atoms with Crippen LogP contribution in [0.15, 0.2) is 52.5 Å². The molecule has 1 atom stereocenters. The van der Waals surface area contributed by atoms with Gasteiger partial charge in [-0.2, -0.15) is 23.3 Å². The van der Waals surface area contributed by atoms with Gasteiger partial charge >= 0.3 is 6.18 Å². The zero-order valence-corrected chi connectivity index (χ0v) is 20.3. The number of rotatable bonds is 4. The van der Waals surface area contributed by atoms with Crippen LogP contribution < -0.4 is 0 Å². The van der Waals surface area contributed by atoms with E-state index in [1.807, 2.05) is 11.0 Å². The number of carbonyl (C=O) groups excluding carboxylic acids is 1. The number of alkyl halides is 3. The molecule has 188 valence electrons. The number of benzene rings is 2. The Balaban J connectivity index is 1.37. The minimum atomic E-state index is -4.53. The van der Waals surface area contributed by atoms with E-state index in [0.717, 1.165) is 17.0 Å². The monoisotopic (exact) mass is 536 g/mol. The maximum Gasteiger partial charge on any atom is 0.416 e. The van der Waals surface area contributed by atoms with Crippen molar-refractivity contribution in [1.29, 1.82) is 0 Å². The van der Waals surface area contributed by atoms with Crippen molar-refractivity contribution in [2.75, 3.05) is 26.4 Å². The number of aliphatic imine (C=N–C) groups is 1. The zero-order chi connectivity index (χ0) is 25.4. The molecule has 2 aliphatic rings. The van der Waals surface area contributed by atoms with E-state index in [9.17, 15) is 23.1 Å². The SMILES string of the molecule is O=C1N=C(N2CCOCC2CO)SC1=Cc1ccc2c(cnn2Cc2ccc(Cl)cc2C(F)(F)F)c1. The average Bonchev–Trinajstić information content (AvgIpc) is 3.42. The summed E-state index contributed by atoms with van der Waals surface area (Å²) in [7, 11) is 0. The number of fused-ring (bicyclic) bond motifs is 1. The van der Waals surface area contributed by atoms with E-state index in [4.69, 9.17) is 16.3 Å². The second kappa shape index (κ2) is 9.89. The first-order valence-electron chi connectivity index (χ1n) is 11.0. The molecule has 1 aromatic heterocycles. The second-order valence-corrected chi connectivity index (χ2v) is 9.78. The van der Waals surface area contributed by atoms with Gasteiger partial charge in [0.1, 0.15) is 0 Å². The number of halogens is 4. The number of aromatic nitrogens is 2. The Morgan fingerprint density at radius 2 is 2.08 bits per heavy atom. The molecular weight excluding hydrogens is 517 g/mol. The average molecular weight is 537 g/mol. The van der Waals surface area contributed by atoms with Crippen LogP contribution in [-0.4, -0.2) is 63.3 Å². The molecule has 36 heavy (non-hydrogen) atoms. The third kappa shape index (κ3) is 5.01. The molecule has 0 radical (unpaired) electrons. The summed E-state index contributed by atoms with van der Waals surface area (Å²) in [5, 5.41) is 15.1. The van der Waals surface area contributed by atoms with Crippen molar-refractivity contribution in [3.05, 3.63) is 69.2 Å². The van der Waals surface area contributed by atoms with Gasteiger partial charge in [0.25, 0.3) is 5.91 Å². The number of amidine groups is 1. The van der Waals surface area contributed by atoms with E-state index < -0.39 is 11.7 Å². The zero-order valence-electron chi connectivity index (χ0n) is 18.7. The Hall–Kier alpha value is -2.86. The highest BCUT2D eigenvalue weighted by Crippen LogP contribution is 2.35. The number of aliphatic hydroxyl groups excluding tert-OH is 1. The van der Waals surface area contributed by atoms with Crippen molar-refractivity contribution in [2.24, 2.45) is 4.99 Å². The minimum absolute atomic E-state index is 0.0149. The van der Waals surface area contributed by atoms with Crippen LogP contribution in [0.3, 0.4) is 0 Å². The summed E-state index contributed by atoms with van der Waals surface area (Å²) in [6, 6.07) is 8.79. The molecule has 0 spiro atoms. The molecule has 1 N–H and O–H groups in total. The number of ether oxygens (including phenoxy) is 1. The van der Waals surface area contributed by atoms with Crippen LogP contribution in [-0.2, 0) is 22.3 Å². The topological polar surface area (TPSA) is 80.0 Å². The predicted octanol–water partition coefficient (Wildman–Crippen LogP) is 4.42. The summed E-state index contributed by atoms with van der Waals surface area (Å²) in [5.74, 6) is -0.364. The number of thioether (sulfide) groups is 1. The van der Waals surface area contributed by atoms with Crippen LogP contribution in [0.5, 0.6) is 0 Å². The number of nitrogens with zero attached hydrogens (tertiary/aromatic N) is 4. The Labute approximate surface area is 213 Å². The molecule has 5 rings (SSSR count). The minimum Gasteiger partial charge on any atom is -0.394 e. The summed E-state index contributed by atoms with van der Waals surface area (Å²) in [6.07, 6.45) is -1.24. The van der Waals surface area contributed by atoms with E-state index in [1.54, 1.807) is 24.4 Å². The van der Waals surface area contributed by atoms with Gasteiger partial charge in [-0.05, 0) is 53.2 Å². The summed E-state index contributed by atoms with van der Waals surface area (Å²) in [6.45, 7) is 1.21. The highest BCUT2D eigenvalue weighted by Gasteiger charge is 2.34. The van der Waals surface area contributed by atoms with Crippen molar-refractivity contribution >= 4 is 51.4 Å². The van der Waals surface area contributed by atoms with Crippen LogP contribution in [0.1, 0.15) is 16.7 Å². The Kier molecular flexibility index (Phi) is 6.82. The Morgan fingerprint density at radius 1 is 1.25 bits per heavy atom. The van der Waals surface area contributed by atoms with E-state index in [1.165, 1.54) is 28.6 Å². The molecule has 3 heterocycles. The fraction of sp³-hybridized carbons (Fsp3) is 0.292. The summed E-state index contributed by atoms with van der Waals surface area (Å²) < 4.78 is 47.3. The van der Waals surface area contributed by atoms with Crippen LogP contribution in [0.4, 0.5) is 13.2 Å². The standard InChI is InChI=1S/C24H20ClF3N4O3S/c25-17-3-2-15(19(9-17)24(26,27)28)11-32-20-4-1-14(7-16(20)10-29-32)8-21-22(34)30-23(36-21)31-5-6-35-13-18(31)12-33/h1-4,7-10,18,33H,5-6,11-13H2. The lowest BCUT2D eigenvalue weighted by Crippen LogP contribution is -2.49. The highest BCUT2D eigenvalue weighted by atomic mass is 35.5. The number of hydrogen-bond acceptors (Lipinski definition) is 6. The molecule has 1 fully saturated rings. The van der Waals surface area contributed by atoms with E-state index in [0.29, 0.717) is 35.3 Å². The molecule has 1 unspecified atom stereocenters. The first-order valence-corrected chi connectivity index (χ1v) is 12.2. The fourth-order valence-corrected chi connectivity index (χ4v) is 5.35. The van der Waals surface area contributed by atoms with Gasteiger partial charge in [-0.1, -0.05) is 23.7 Å². The molecule has 2 aliphatic heterocycles. The van der Waals surface area contributed by atoms with Gasteiger partial charge in [0.05, 0.1) is 54.6 Å². The number of morpholine rings is 1. The molecule has 7 nitrogen and oxygen atoms in total. The smallest absolute Gasteiger partial charge is 0.394 e. The molecule has 1 saturated heterocycles. The van der Waals surface area contributed by atoms with Gasteiger partial charge in [0.15, 0.2) is 5.17 Å². The van der Waals surface area contributed by atoms with E-state index in [-0.39, 0.29) is 35.7 Å². The van der Waals surface area contributed by atoms with Crippen LogP contribution in [0, 0.1) is 0 Å². The van der Waals surface area contributed by atoms with Crippen LogP contribution in [0.2, 0.25) is 5.02 Å². The number of amides is 1. The molecule has 0 aliphatic carbocycles. The number of aliphatic hydroxyl groups is 1. The Bertz CT molecular complexity index is 1390. The largest absolute Gasteiger partial charge is 0.416 e. The van der Waals surface area contributed by atoms with Crippen molar-refractivity contribution < 1.29 is 27.8 Å². The maximum atomic E-state index is 13.5. The third-order valence-electron chi connectivity index (χ3n) is 5.95. The van der Waals surface area contributed by atoms with Crippen molar-refractivity contribution in [3.8, 4) is 0 Å². The molecule has 0 saturated carbocycles. The van der Waals surface area contributed by atoms with Gasteiger partial charge in [0.2, 0.25) is 0 Å². The lowest BCUT2D eigenvalue weighted by molar-refractivity contribution is -0.138. The van der Waals surface area contributed by atoms with E-state index >= 15 is 0 Å². The lowest BCUT2D eigenvalue weighted by atomic mass is 10.1. The first kappa shape index (κ1) is 24.8. The van der Waals surface area contributed by atoms with Crippen molar-refractivity contribution in [2.45, 2.75) is 18.8 Å². The van der Waals surface area contributed by atoms with Gasteiger partial charge in [0, 0.05) is 17.0 Å². The van der Waals surface area contributed by atoms with Gasteiger partial charge in [-0.25, -0.2) is 0 Å². The van der Waals surface area contributed by atoms with Gasteiger partial charge in [-0.15, -0.1) is 0 Å². The Morgan fingerprint density at radius 3 is 2.86 bits per heavy atom. The maximum absolute atomic E-state index is 13.5. The van der Waals surface area contributed by atoms with E-state index in [2.05, 4.69) is 10.1 Å². The highest BCUT2D eigenvalue weighted by molar-refractivity contribution is 8.18. The summed E-state index contributed by atoms with van der Waals surface area (Å²) in [5.41, 5.74) is 0.653. The van der Waals surface area contributed by atoms with Crippen LogP contribution in [0.25, 0.3) is 17.0 Å². The van der Waals surface area contributed by atoms with Gasteiger partial charge in [-0.3, -0.25) is 9.48 Å². The van der Waals surface area contributed by atoms with Crippen molar-refractivity contribution in [3.63, 3.8) is 0 Å². The molecule has 1 amide bonds. The summed E-state index contributed by atoms with van der Waals surface area (Å²) in [4.78, 5) is 19.0. The first-order chi connectivity index (χ1) is 17.2. The molecule has 2 aromatic carbocycles. The molecule has 3 aromatic rings. The normalized spacial score (nSPS) is 20.0. The summed E-state index contributed by atoms with van der Waals surface area (Å²) >= 11 is 7.02. The molecular formula is C24H20ClF3N4O3S. The third-order valence-corrected chi connectivity index (χ3v) is 7.21.